The smallest absolute Gasteiger partial charge is 0.224 e. The third kappa shape index (κ3) is 4.08. The molecule has 2 atom stereocenters. The topological polar surface area (TPSA) is 69.2 Å². The molecule has 0 unspecified atom stereocenters. The second-order valence-electron chi connectivity index (χ2n) is 6.58. The van der Waals surface area contributed by atoms with E-state index in [1.165, 1.54) is 0 Å². The minimum absolute atomic E-state index is 0.202. The van der Waals surface area contributed by atoms with Gasteiger partial charge in [0, 0.05) is 17.8 Å². The van der Waals surface area contributed by atoms with Crippen molar-refractivity contribution >= 4 is 11.9 Å². The largest absolute Gasteiger partial charge is 0.550 e. The highest BCUT2D eigenvalue weighted by molar-refractivity contribution is 5.85. The summed E-state index contributed by atoms with van der Waals surface area (Å²) in [6.07, 6.45) is 2.83. The summed E-state index contributed by atoms with van der Waals surface area (Å²) in [5.41, 5.74) is 1.95. The Kier molecular flexibility index (Phi) is 5.49. The second-order valence-corrected chi connectivity index (χ2v) is 6.58. The maximum atomic E-state index is 12.9. The van der Waals surface area contributed by atoms with Gasteiger partial charge in [-0.1, -0.05) is 73.5 Å². The molecule has 1 N–H and O–H groups in total. The average molecular weight is 336 g/mol. The molecule has 0 heterocycles. The molecule has 4 heteroatoms. The Morgan fingerprint density at radius 1 is 0.840 bits per heavy atom. The molecule has 0 aromatic heterocycles. The van der Waals surface area contributed by atoms with Crippen molar-refractivity contribution in [1.82, 2.24) is 5.32 Å². The van der Waals surface area contributed by atoms with Gasteiger partial charge in [0.25, 0.3) is 0 Å². The van der Waals surface area contributed by atoms with Gasteiger partial charge >= 0.3 is 0 Å². The first kappa shape index (κ1) is 17.2. The zero-order chi connectivity index (χ0) is 17.6. The summed E-state index contributed by atoms with van der Waals surface area (Å²) < 4.78 is 0. The molecule has 1 aliphatic carbocycles. The lowest BCUT2D eigenvalue weighted by Gasteiger charge is -2.32. The van der Waals surface area contributed by atoms with E-state index in [0.29, 0.717) is 12.8 Å². The number of rotatable bonds is 5. The lowest BCUT2D eigenvalue weighted by atomic mass is 9.78. The molecule has 130 valence electrons. The average Bonchev–Trinajstić information content (AvgIpc) is 2.67. The summed E-state index contributed by atoms with van der Waals surface area (Å²) in [6.45, 7) is 0. The lowest BCUT2D eigenvalue weighted by molar-refractivity contribution is -0.314. The molecular weight excluding hydrogens is 314 g/mol. The first-order valence-corrected chi connectivity index (χ1v) is 8.78. The number of hydrogen-bond acceptors (Lipinski definition) is 3. The van der Waals surface area contributed by atoms with Gasteiger partial charge in [0.1, 0.15) is 0 Å². The van der Waals surface area contributed by atoms with Crippen LogP contribution in [0.25, 0.3) is 0 Å². The molecule has 0 spiro atoms. The number of carbonyl (C=O) groups is 2. The predicted octanol–water partition coefficient (Wildman–Crippen LogP) is 2.45. The lowest BCUT2D eigenvalue weighted by Crippen LogP contribution is -2.45. The van der Waals surface area contributed by atoms with Crippen molar-refractivity contribution in [2.24, 2.45) is 11.8 Å². The molecule has 0 radical (unpaired) electrons. The molecule has 0 bridgehead atoms. The number of carboxylic acid groups (broad SMARTS) is 1. The number of hydrogen-bond donors (Lipinski definition) is 1. The monoisotopic (exact) mass is 336 g/mol. The summed E-state index contributed by atoms with van der Waals surface area (Å²) in [5.74, 6) is -2.53. The second kappa shape index (κ2) is 7.97. The minimum Gasteiger partial charge on any atom is -0.550 e. The van der Waals surface area contributed by atoms with Crippen LogP contribution >= 0.6 is 0 Å². The predicted molar refractivity (Wildman–Crippen MR) is 93.3 cm³/mol. The number of carboxylic acids is 1. The van der Waals surface area contributed by atoms with Crippen molar-refractivity contribution in [3.05, 3.63) is 71.8 Å². The molecule has 1 fully saturated rings. The SMILES string of the molecule is O=C([O-])[C@@H]1CCCC[C@H]1C(=O)NC(c1ccccc1)c1ccccc1. The van der Waals surface area contributed by atoms with Crippen LogP contribution in [0.5, 0.6) is 0 Å². The van der Waals surface area contributed by atoms with E-state index in [1.54, 1.807) is 0 Å². The van der Waals surface area contributed by atoms with Gasteiger partial charge in [0.05, 0.1) is 6.04 Å². The standard InChI is InChI=1S/C21H23NO3/c23-20(17-13-7-8-14-18(17)21(24)25)22-19(15-9-3-1-4-10-15)16-11-5-2-6-12-16/h1-6,9-12,17-19H,7-8,13-14H2,(H,22,23)(H,24,25)/p-1/t17-,18-/m1/s1. The summed E-state index contributed by atoms with van der Waals surface area (Å²) in [4.78, 5) is 24.3. The first-order valence-electron chi connectivity index (χ1n) is 8.78. The van der Waals surface area contributed by atoms with Crippen LogP contribution in [0.3, 0.4) is 0 Å². The molecule has 4 nitrogen and oxygen atoms in total. The van der Waals surface area contributed by atoms with Crippen LogP contribution in [0.1, 0.15) is 42.9 Å². The molecule has 3 rings (SSSR count). The van der Waals surface area contributed by atoms with Crippen molar-refractivity contribution in [3.8, 4) is 0 Å². The van der Waals surface area contributed by atoms with Crippen molar-refractivity contribution in [1.29, 1.82) is 0 Å². The van der Waals surface area contributed by atoms with E-state index in [0.717, 1.165) is 24.0 Å². The normalized spacial score (nSPS) is 20.2. The maximum absolute atomic E-state index is 12.9. The van der Waals surface area contributed by atoms with Crippen molar-refractivity contribution in [3.63, 3.8) is 0 Å². The third-order valence-electron chi connectivity index (χ3n) is 4.96. The quantitative estimate of drug-likeness (QED) is 0.912. The van der Waals surface area contributed by atoms with E-state index >= 15 is 0 Å². The van der Waals surface area contributed by atoms with Crippen molar-refractivity contribution < 1.29 is 14.7 Å². The Morgan fingerprint density at radius 3 is 1.80 bits per heavy atom. The Labute approximate surface area is 147 Å². The molecule has 0 aliphatic heterocycles. The highest BCUT2D eigenvalue weighted by atomic mass is 16.4. The van der Waals surface area contributed by atoms with Crippen molar-refractivity contribution in [2.75, 3.05) is 0 Å². The summed E-state index contributed by atoms with van der Waals surface area (Å²) in [5, 5.41) is 14.5. The molecule has 2 aromatic carbocycles. The van der Waals surface area contributed by atoms with Crippen LogP contribution in [0.2, 0.25) is 0 Å². The molecule has 0 saturated heterocycles. The highest BCUT2D eigenvalue weighted by Crippen LogP contribution is 2.31. The van der Waals surface area contributed by atoms with Crippen LogP contribution in [-0.2, 0) is 9.59 Å². The van der Waals surface area contributed by atoms with E-state index in [4.69, 9.17) is 0 Å². The zero-order valence-corrected chi connectivity index (χ0v) is 14.1. The van der Waals surface area contributed by atoms with Gasteiger partial charge in [-0.2, -0.15) is 0 Å². The molecule has 1 aliphatic rings. The minimum atomic E-state index is -1.11. The molecule has 25 heavy (non-hydrogen) atoms. The Balaban J connectivity index is 1.85. The fourth-order valence-corrected chi connectivity index (χ4v) is 3.63. The van der Waals surface area contributed by atoms with Gasteiger partial charge in [0.2, 0.25) is 5.91 Å². The van der Waals surface area contributed by atoms with Gasteiger partial charge in [-0.15, -0.1) is 0 Å². The number of carbonyl (C=O) groups excluding carboxylic acids is 2. The summed E-state index contributed by atoms with van der Waals surface area (Å²) in [7, 11) is 0. The van der Waals surface area contributed by atoms with Gasteiger partial charge in [-0.05, 0) is 24.0 Å². The number of benzene rings is 2. The van der Waals surface area contributed by atoms with Crippen LogP contribution in [-0.4, -0.2) is 11.9 Å². The van der Waals surface area contributed by atoms with E-state index in [1.807, 2.05) is 60.7 Å². The van der Waals surface area contributed by atoms with Gasteiger partial charge in [-0.25, -0.2) is 0 Å². The Bertz CT molecular complexity index is 675. The number of nitrogens with one attached hydrogen (secondary N) is 1. The number of amides is 1. The van der Waals surface area contributed by atoms with E-state index in [9.17, 15) is 14.7 Å². The van der Waals surface area contributed by atoms with Gasteiger partial charge in [0.15, 0.2) is 0 Å². The zero-order valence-electron chi connectivity index (χ0n) is 14.1. The molecule has 1 saturated carbocycles. The van der Waals surface area contributed by atoms with Gasteiger partial charge in [-0.3, -0.25) is 4.79 Å². The Morgan fingerprint density at radius 2 is 1.32 bits per heavy atom. The summed E-state index contributed by atoms with van der Waals surface area (Å²) >= 11 is 0. The fraction of sp³-hybridized carbons (Fsp3) is 0.333. The fourth-order valence-electron chi connectivity index (χ4n) is 3.63. The molecule has 2 aromatic rings. The van der Waals surface area contributed by atoms with E-state index in [2.05, 4.69) is 5.32 Å². The van der Waals surface area contributed by atoms with Crippen LogP contribution in [0.15, 0.2) is 60.7 Å². The maximum Gasteiger partial charge on any atom is 0.224 e. The first-order chi connectivity index (χ1) is 12.2. The van der Waals surface area contributed by atoms with E-state index in [-0.39, 0.29) is 11.9 Å². The molecular formula is C21H22NO3-. The van der Waals surface area contributed by atoms with E-state index < -0.39 is 17.8 Å². The van der Waals surface area contributed by atoms with Crippen LogP contribution < -0.4 is 10.4 Å². The van der Waals surface area contributed by atoms with Crippen molar-refractivity contribution in [2.45, 2.75) is 31.7 Å². The molecule has 1 amide bonds. The summed E-state index contributed by atoms with van der Waals surface area (Å²) in [6, 6.07) is 19.2. The third-order valence-corrected chi connectivity index (χ3v) is 4.96. The highest BCUT2D eigenvalue weighted by Gasteiger charge is 2.33. The van der Waals surface area contributed by atoms with Crippen LogP contribution in [0.4, 0.5) is 0 Å². The number of aliphatic carboxylic acids is 1. The Hall–Kier alpha value is -2.62. The van der Waals surface area contributed by atoms with Crippen LogP contribution in [0, 0.1) is 11.8 Å². The van der Waals surface area contributed by atoms with Gasteiger partial charge < -0.3 is 15.2 Å².